The average Bonchev–Trinajstić information content (AvgIpc) is 2.60. The van der Waals surface area contributed by atoms with Crippen LogP contribution >= 0.6 is 34.8 Å². The molecule has 27 heavy (non-hydrogen) atoms. The summed E-state index contributed by atoms with van der Waals surface area (Å²) in [7, 11) is 1.34. The highest BCUT2D eigenvalue weighted by molar-refractivity contribution is 6.41. The lowest BCUT2D eigenvalue weighted by Gasteiger charge is -2.14. The number of hydrogen-bond donors (Lipinski definition) is 2. The second-order valence-electron chi connectivity index (χ2n) is 5.03. The van der Waals surface area contributed by atoms with Gasteiger partial charge in [-0.15, -0.1) is 0 Å². The van der Waals surface area contributed by atoms with Gasteiger partial charge >= 0.3 is 0 Å². The van der Waals surface area contributed by atoms with Crippen molar-refractivity contribution in [1.82, 2.24) is 5.43 Å². The predicted molar refractivity (Wildman–Crippen MR) is 103 cm³/mol. The molecule has 0 spiro atoms. The molecule has 0 atom stereocenters. The van der Waals surface area contributed by atoms with Crippen LogP contribution in [0.15, 0.2) is 24.3 Å². The number of nitro benzene ring substituents is 1. The van der Waals surface area contributed by atoms with E-state index in [4.69, 9.17) is 44.3 Å². The number of carbonyl (C=O) groups excluding carboxylic acids is 1. The van der Waals surface area contributed by atoms with Crippen molar-refractivity contribution in [2.24, 2.45) is 0 Å². The number of anilines is 1. The van der Waals surface area contributed by atoms with E-state index in [1.165, 1.54) is 25.3 Å². The van der Waals surface area contributed by atoms with E-state index < -0.39 is 16.5 Å². The Morgan fingerprint density at radius 2 is 1.78 bits per heavy atom. The first kappa shape index (κ1) is 20.9. The average molecular weight is 435 g/mol. The smallest absolute Gasteiger partial charge is 0.286 e. The highest BCUT2D eigenvalue weighted by Crippen LogP contribution is 2.35. The molecular weight excluding hydrogens is 421 g/mol. The number of benzene rings is 2. The third-order valence-corrected chi connectivity index (χ3v) is 4.15. The summed E-state index contributed by atoms with van der Waals surface area (Å²) in [6.45, 7) is 2.01. The number of hydrogen-bond acceptors (Lipinski definition) is 6. The van der Waals surface area contributed by atoms with Gasteiger partial charge in [-0.05, 0) is 19.1 Å². The van der Waals surface area contributed by atoms with Crippen LogP contribution in [-0.2, 0) is 0 Å². The van der Waals surface area contributed by atoms with Gasteiger partial charge in [0.1, 0.15) is 5.56 Å². The molecule has 8 nitrogen and oxygen atoms in total. The third kappa shape index (κ3) is 4.85. The van der Waals surface area contributed by atoms with Crippen LogP contribution in [0.25, 0.3) is 0 Å². The fourth-order valence-corrected chi connectivity index (χ4v) is 3.07. The summed E-state index contributed by atoms with van der Waals surface area (Å²) in [6, 6.07) is 5.18. The van der Waals surface area contributed by atoms with Crippen molar-refractivity contribution in [2.75, 3.05) is 19.1 Å². The largest absolute Gasteiger partial charge is 0.493 e. The van der Waals surface area contributed by atoms with Crippen LogP contribution in [-0.4, -0.2) is 24.5 Å². The molecule has 0 saturated carbocycles. The number of amides is 1. The lowest BCUT2D eigenvalue weighted by atomic mass is 10.1. The Balaban J connectivity index is 2.35. The maximum Gasteiger partial charge on any atom is 0.286 e. The Labute approximate surface area is 169 Å². The van der Waals surface area contributed by atoms with Crippen LogP contribution < -0.4 is 20.3 Å². The Kier molecular flexibility index (Phi) is 6.95. The maximum atomic E-state index is 12.5. The minimum atomic E-state index is -0.799. The number of rotatable bonds is 7. The molecule has 0 bridgehead atoms. The molecule has 2 aromatic rings. The third-order valence-electron chi connectivity index (χ3n) is 3.33. The molecule has 0 unspecified atom stereocenters. The number of nitro groups is 1. The minimum absolute atomic E-state index is 0.136. The fraction of sp³-hybridized carbons (Fsp3) is 0.188. The Morgan fingerprint density at radius 3 is 2.30 bits per heavy atom. The van der Waals surface area contributed by atoms with E-state index in [0.717, 1.165) is 6.07 Å². The molecule has 2 N–H and O–H groups in total. The van der Waals surface area contributed by atoms with Crippen molar-refractivity contribution < 1.29 is 19.2 Å². The summed E-state index contributed by atoms with van der Waals surface area (Å²) < 4.78 is 10.4. The van der Waals surface area contributed by atoms with Crippen molar-refractivity contribution in [2.45, 2.75) is 6.92 Å². The standard InChI is InChI=1S/C16H14Cl3N3O5/c1-3-27-14-6-9(12(22(24)25)7-13(14)26-2)16(23)21-20-15-10(18)4-8(17)5-11(15)19/h4-7,20H,3H2,1-2H3,(H,21,23). The zero-order chi connectivity index (χ0) is 20.1. The first-order chi connectivity index (χ1) is 12.8. The van der Waals surface area contributed by atoms with E-state index in [1.807, 2.05) is 0 Å². The zero-order valence-electron chi connectivity index (χ0n) is 14.1. The molecule has 2 aromatic carbocycles. The molecule has 0 saturated heterocycles. The van der Waals surface area contributed by atoms with Gasteiger partial charge in [-0.3, -0.25) is 25.8 Å². The van der Waals surface area contributed by atoms with Gasteiger partial charge in [0, 0.05) is 11.1 Å². The topological polar surface area (TPSA) is 103 Å². The second kappa shape index (κ2) is 8.98. The molecule has 0 fully saturated rings. The van der Waals surface area contributed by atoms with E-state index in [0.29, 0.717) is 5.02 Å². The number of nitrogens with one attached hydrogen (secondary N) is 2. The highest BCUT2D eigenvalue weighted by Gasteiger charge is 2.25. The Morgan fingerprint density at radius 1 is 1.15 bits per heavy atom. The van der Waals surface area contributed by atoms with Crippen LogP contribution in [0.2, 0.25) is 15.1 Å². The lowest BCUT2D eigenvalue weighted by Crippen LogP contribution is -2.30. The van der Waals surface area contributed by atoms with E-state index >= 15 is 0 Å². The normalized spacial score (nSPS) is 10.3. The van der Waals surface area contributed by atoms with Gasteiger partial charge in [0.05, 0.1) is 40.4 Å². The van der Waals surface area contributed by atoms with Crippen LogP contribution in [0.1, 0.15) is 17.3 Å². The zero-order valence-corrected chi connectivity index (χ0v) is 16.4. The van der Waals surface area contributed by atoms with E-state index in [9.17, 15) is 14.9 Å². The maximum absolute atomic E-state index is 12.5. The van der Waals surface area contributed by atoms with Gasteiger partial charge in [-0.25, -0.2) is 0 Å². The van der Waals surface area contributed by atoms with E-state index in [1.54, 1.807) is 6.92 Å². The summed E-state index contributed by atoms with van der Waals surface area (Å²) in [5.74, 6) is -0.470. The summed E-state index contributed by atoms with van der Waals surface area (Å²) in [5.41, 5.74) is 4.35. The number of halogens is 3. The van der Waals surface area contributed by atoms with Crippen LogP contribution in [0.4, 0.5) is 11.4 Å². The van der Waals surface area contributed by atoms with Gasteiger partial charge in [-0.2, -0.15) is 0 Å². The first-order valence-electron chi connectivity index (χ1n) is 7.48. The quantitative estimate of drug-likeness (QED) is 0.483. The second-order valence-corrected chi connectivity index (χ2v) is 6.28. The van der Waals surface area contributed by atoms with Crippen molar-refractivity contribution in [3.05, 3.63) is 55.0 Å². The number of nitrogens with zero attached hydrogens (tertiary/aromatic N) is 1. The van der Waals surface area contributed by atoms with Crippen molar-refractivity contribution in [1.29, 1.82) is 0 Å². The molecule has 0 aromatic heterocycles. The molecule has 144 valence electrons. The minimum Gasteiger partial charge on any atom is -0.493 e. The molecule has 2 rings (SSSR count). The summed E-state index contributed by atoms with van der Waals surface area (Å²) in [6.07, 6.45) is 0. The summed E-state index contributed by atoms with van der Waals surface area (Å²) in [5, 5.41) is 12.0. The molecule has 1 amide bonds. The van der Waals surface area contributed by atoms with Crippen LogP contribution in [0, 0.1) is 10.1 Å². The van der Waals surface area contributed by atoms with E-state index in [-0.39, 0.29) is 39.4 Å². The number of carbonyl (C=O) groups is 1. The van der Waals surface area contributed by atoms with Gasteiger partial charge < -0.3 is 9.47 Å². The van der Waals surface area contributed by atoms with Crippen molar-refractivity contribution in [3.8, 4) is 11.5 Å². The van der Waals surface area contributed by atoms with Gasteiger partial charge in [-0.1, -0.05) is 34.8 Å². The molecule has 11 heteroatoms. The molecule has 0 aliphatic heterocycles. The predicted octanol–water partition coefficient (Wildman–Crippen LogP) is 4.72. The summed E-state index contributed by atoms with van der Waals surface area (Å²) >= 11 is 17.9. The fourth-order valence-electron chi connectivity index (χ4n) is 2.16. The van der Waals surface area contributed by atoms with Crippen LogP contribution in [0.3, 0.4) is 0 Å². The number of ether oxygens (including phenoxy) is 2. The van der Waals surface area contributed by atoms with E-state index in [2.05, 4.69) is 10.9 Å². The van der Waals surface area contributed by atoms with Gasteiger partial charge in [0.15, 0.2) is 11.5 Å². The Hall–Kier alpha value is -2.42. The van der Waals surface area contributed by atoms with Gasteiger partial charge in [0.2, 0.25) is 0 Å². The molecule has 0 heterocycles. The van der Waals surface area contributed by atoms with Gasteiger partial charge in [0.25, 0.3) is 11.6 Å². The molecular formula is C16H14Cl3N3O5. The monoisotopic (exact) mass is 433 g/mol. The lowest BCUT2D eigenvalue weighted by molar-refractivity contribution is -0.385. The number of methoxy groups -OCH3 is 1. The van der Waals surface area contributed by atoms with Crippen LogP contribution in [0.5, 0.6) is 11.5 Å². The summed E-state index contributed by atoms with van der Waals surface area (Å²) in [4.78, 5) is 23.1. The Bertz CT molecular complexity index is 869. The first-order valence-corrected chi connectivity index (χ1v) is 8.62. The number of hydrazine groups is 1. The SMILES string of the molecule is CCOc1cc(C(=O)NNc2c(Cl)cc(Cl)cc2Cl)c([N+](=O)[O-])cc1OC. The molecule has 0 radical (unpaired) electrons. The van der Waals surface area contributed by atoms with Crippen molar-refractivity contribution >= 4 is 52.1 Å². The molecule has 0 aliphatic carbocycles. The van der Waals surface area contributed by atoms with Crippen molar-refractivity contribution in [3.63, 3.8) is 0 Å². The molecule has 0 aliphatic rings. The highest BCUT2D eigenvalue weighted by atomic mass is 35.5.